The lowest BCUT2D eigenvalue weighted by molar-refractivity contribution is 0.498. The Balaban J connectivity index is 2.09. The van der Waals surface area contributed by atoms with Gasteiger partial charge < -0.3 is 0 Å². The summed E-state index contributed by atoms with van der Waals surface area (Å²) in [5, 5.41) is 0. The van der Waals surface area contributed by atoms with Crippen LogP contribution in [0.25, 0.3) is 0 Å². The van der Waals surface area contributed by atoms with Gasteiger partial charge in [-0.2, -0.15) is 0 Å². The van der Waals surface area contributed by atoms with E-state index >= 15 is 0 Å². The van der Waals surface area contributed by atoms with Crippen molar-refractivity contribution in [1.82, 2.24) is 0 Å². The van der Waals surface area contributed by atoms with E-state index in [4.69, 9.17) is 0 Å². The summed E-state index contributed by atoms with van der Waals surface area (Å²) in [4.78, 5) is 4.44. The highest BCUT2D eigenvalue weighted by Crippen LogP contribution is 2.31. The zero-order valence-electron chi connectivity index (χ0n) is 19.7. The van der Waals surface area contributed by atoms with Crippen molar-refractivity contribution in [3.63, 3.8) is 0 Å². The van der Waals surface area contributed by atoms with E-state index in [1.54, 1.807) is 0 Å². The van der Waals surface area contributed by atoms with Gasteiger partial charge in [-0.25, -0.2) is 0 Å². The molecule has 0 bridgehead atoms. The molecule has 0 aliphatic carbocycles. The molecule has 0 amide bonds. The van der Waals surface area contributed by atoms with Crippen molar-refractivity contribution in [2.45, 2.75) is 93.7 Å². The molecule has 2 heteroatoms. The number of unbranched alkanes of at least 4 members (excludes halogenated alkanes) is 2. The number of rotatable bonds is 15. The second-order valence-electron chi connectivity index (χ2n) is 8.49. The van der Waals surface area contributed by atoms with Crippen molar-refractivity contribution in [2.75, 3.05) is 11.5 Å². The summed E-state index contributed by atoms with van der Waals surface area (Å²) in [7, 11) is 0.179. The van der Waals surface area contributed by atoms with E-state index in [1.807, 2.05) is 0 Å². The first-order valence-corrected chi connectivity index (χ1v) is 14.6. The van der Waals surface area contributed by atoms with Gasteiger partial charge in [-0.05, 0) is 61.6 Å². The maximum Gasteiger partial charge on any atom is 0.160 e. The summed E-state index contributed by atoms with van der Waals surface area (Å²) in [6.45, 7) is 9.33. The van der Waals surface area contributed by atoms with Crippen molar-refractivity contribution >= 4 is 22.7 Å². The van der Waals surface area contributed by atoms with E-state index in [0.29, 0.717) is 0 Å². The Morgan fingerprint density at radius 1 is 0.700 bits per heavy atom. The first kappa shape index (κ1) is 25.4. The molecule has 2 aromatic carbocycles. The lowest BCUT2D eigenvalue weighted by Gasteiger charge is -2.16. The summed E-state index contributed by atoms with van der Waals surface area (Å²) >= 11 is 2.05. The molecule has 30 heavy (non-hydrogen) atoms. The molecule has 0 spiro atoms. The van der Waals surface area contributed by atoms with Gasteiger partial charge in [0.25, 0.3) is 0 Å². The fourth-order valence-corrected chi connectivity index (χ4v) is 7.50. The molecular formula is C28H43S2+. The van der Waals surface area contributed by atoms with Crippen LogP contribution in [0, 0.1) is 11.8 Å². The molecule has 0 radical (unpaired) electrons. The van der Waals surface area contributed by atoms with Crippen LogP contribution < -0.4 is 0 Å². The number of hydrogen-bond acceptors (Lipinski definition) is 1. The number of benzene rings is 2. The third kappa shape index (κ3) is 8.71. The van der Waals surface area contributed by atoms with Gasteiger partial charge in [-0.3, -0.25) is 0 Å². The molecule has 0 fully saturated rings. The predicted octanol–water partition coefficient (Wildman–Crippen LogP) is 9.25. The van der Waals surface area contributed by atoms with E-state index in [2.05, 4.69) is 94.1 Å². The molecule has 3 unspecified atom stereocenters. The van der Waals surface area contributed by atoms with Crippen LogP contribution in [0.3, 0.4) is 0 Å². The van der Waals surface area contributed by atoms with E-state index < -0.39 is 0 Å². The first-order chi connectivity index (χ1) is 14.7. The van der Waals surface area contributed by atoms with Crippen molar-refractivity contribution in [3.05, 3.63) is 54.6 Å². The van der Waals surface area contributed by atoms with Crippen LogP contribution in [0.1, 0.15) is 79.1 Å². The van der Waals surface area contributed by atoms with Crippen molar-refractivity contribution in [1.29, 1.82) is 0 Å². The summed E-state index contributed by atoms with van der Waals surface area (Å²) < 4.78 is 0. The van der Waals surface area contributed by atoms with Crippen molar-refractivity contribution < 1.29 is 0 Å². The number of thioether (sulfide) groups is 1. The van der Waals surface area contributed by atoms with E-state index in [1.165, 1.54) is 77.6 Å². The molecule has 0 aliphatic rings. The van der Waals surface area contributed by atoms with Crippen LogP contribution in [0.4, 0.5) is 0 Å². The molecule has 0 aromatic heterocycles. The fraction of sp³-hybridized carbons (Fsp3) is 0.571. The molecule has 0 nitrogen and oxygen atoms in total. The molecule has 2 rings (SSSR count). The second kappa shape index (κ2) is 15.0. The summed E-state index contributed by atoms with van der Waals surface area (Å²) in [5.74, 6) is 4.24. The molecule has 0 saturated carbocycles. The highest BCUT2D eigenvalue weighted by atomic mass is 32.2. The summed E-state index contributed by atoms with van der Waals surface area (Å²) in [6, 6.07) is 20.8. The Hall–Kier alpha value is -0.860. The van der Waals surface area contributed by atoms with E-state index in [-0.39, 0.29) is 10.9 Å². The van der Waals surface area contributed by atoms with Crippen LogP contribution >= 0.6 is 11.8 Å². The Bertz CT molecular complexity index is 665. The number of hydrogen-bond donors (Lipinski definition) is 0. The molecular weight excluding hydrogens is 400 g/mol. The minimum Gasteiger partial charge on any atom is -0.126 e. The monoisotopic (exact) mass is 443 g/mol. The van der Waals surface area contributed by atoms with Gasteiger partial charge in [0.1, 0.15) is 5.75 Å². The maximum absolute atomic E-state index is 2.41. The van der Waals surface area contributed by atoms with Crippen LogP contribution in [0.2, 0.25) is 0 Å². The van der Waals surface area contributed by atoms with Crippen LogP contribution in [0.5, 0.6) is 0 Å². The van der Waals surface area contributed by atoms with Gasteiger partial charge >= 0.3 is 0 Å². The van der Waals surface area contributed by atoms with Gasteiger partial charge in [-0.15, -0.1) is 11.8 Å². The van der Waals surface area contributed by atoms with Crippen LogP contribution in [-0.4, -0.2) is 11.5 Å². The highest BCUT2D eigenvalue weighted by Gasteiger charge is 2.28. The smallest absolute Gasteiger partial charge is 0.126 e. The van der Waals surface area contributed by atoms with Gasteiger partial charge in [0.05, 0.1) is 10.9 Å². The van der Waals surface area contributed by atoms with Crippen molar-refractivity contribution in [2.24, 2.45) is 11.8 Å². The standard InChI is InChI=1S/C28H43S2/c1-5-9-14-24(7-3)22-29-26-18-20-28(21-19-26)30(27-16-12-11-13-17-27)23-25(8-4)15-10-6-2/h11-13,16-21,24-25H,5-10,14-15,22-23H2,1-4H3/q+1. The topological polar surface area (TPSA) is 0 Å². The average molecular weight is 444 g/mol. The zero-order valence-corrected chi connectivity index (χ0v) is 21.4. The highest BCUT2D eigenvalue weighted by molar-refractivity contribution is 7.99. The first-order valence-electron chi connectivity index (χ1n) is 12.2. The van der Waals surface area contributed by atoms with Gasteiger partial charge in [0, 0.05) is 16.6 Å². The minimum absolute atomic E-state index is 0.179. The van der Waals surface area contributed by atoms with Crippen LogP contribution in [0.15, 0.2) is 69.3 Å². The Morgan fingerprint density at radius 2 is 1.27 bits per heavy atom. The van der Waals surface area contributed by atoms with Gasteiger partial charge in [-0.1, -0.05) is 78.0 Å². The van der Waals surface area contributed by atoms with Crippen molar-refractivity contribution in [3.8, 4) is 0 Å². The van der Waals surface area contributed by atoms with E-state index in [0.717, 1.165) is 11.8 Å². The average Bonchev–Trinajstić information content (AvgIpc) is 2.80. The lowest BCUT2D eigenvalue weighted by Crippen LogP contribution is -2.17. The molecule has 0 N–H and O–H groups in total. The Labute approximate surface area is 194 Å². The van der Waals surface area contributed by atoms with Gasteiger partial charge in [0.15, 0.2) is 9.79 Å². The largest absolute Gasteiger partial charge is 0.160 e. The fourth-order valence-electron chi connectivity index (χ4n) is 3.86. The third-order valence-corrected chi connectivity index (χ3v) is 9.84. The summed E-state index contributed by atoms with van der Waals surface area (Å²) in [6.07, 6.45) is 10.7. The van der Waals surface area contributed by atoms with E-state index in [9.17, 15) is 0 Å². The van der Waals surface area contributed by atoms with Crippen LogP contribution in [-0.2, 0) is 10.9 Å². The SMILES string of the molecule is CCCCC(CC)CSc1ccc([S+](CC(CC)CCCC)c2ccccc2)cc1. The third-order valence-electron chi connectivity index (χ3n) is 6.11. The molecule has 166 valence electrons. The molecule has 3 atom stereocenters. The maximum atomic E-state index is 2.41. The summed E-state index contributed by atoms with van der Waals surface area (Å²) in [5.41, 5.74) is 0. The molecule has 0 aliphatic heterocycles. The Kier molecular flexibility index (Phi) is 12.7. The minimum atomic E-state index is 0.179. The zero-order chi connectivity index (χ0) is 21.6. The quantitative estimate of drug-likeness (QED) is 0.195. The normalized spacial score (nSPS) is 14.4. The van der Waals surface area contributed by atoms with Gasteiger partial charge in [0.2, 0.25) is 0 Å². The molecule has 0 heterocycles. The second-order valence-corrected chi connectivity index (χ2v) is 11.6. The Morgan fingerprint density at radius 3 is 1.83 bits per heavy atom. The lowest BCUT2D eigenvalue weighted by atomic mass is 10.0. The predicted molar refractivity (Wildman–Crippen MR) is 139 cm³/mol. The molecule has 2 aromatic rings. The molecule has 0 saturated heterocycles.